The highest BCUT2D eigenvalue weighted by Crippen LogP contribution is 2.22. The molecule has 2 aromatic heterocycles. The van der Waals surface area contributed by atoms with Crippen LogP contribution in [-0.2, 0) is 19.2 Å². The van der Waals surface area contributed by atoms with E-state index in [0.29, 0.717) is 73.0 Å². The number of nitrogens with zero attached hydrogens (tertiary/aromatic N) is 14. The largest absolute Gasteiger partial charge is 0.480 e. The first-order valence-corrected chi connectivity index (χ1v) is 28.6. The highest BCUT2D eigenvalue weighted by molar-refractivity contribution is 6.03. The van der Waals surface area contributed by atoms with Crippen LogP contribution in [0.5, 0.6) is 0 Å². The zero-order chi connectivity index (χ0) is 66.4. The summed E-state index contributed by atoms with van der Waals surface area (Å²) < 4.78 is 0. The number of nitrogen functional groups attached to an aromatic ring is 1. The quantitative estimate of drug-likeness (QED) is 0.0530. The van der Waals surface area contributed by atoms with Crippen molar-refractivity contribution < 1.29 is 63.4 Å². The number of guanidine groups is 1. The number of anilines is 3. The summed E-state index contributed by atoms with van der Waals surface area (Å²) in [6.07, 6.45) is 7.75. The maximum absolute atomic E-state index is 12.7. The van der Waals surface area contributed by atoms with Gasteiger partial charge in [-0.25, -0.2) is 29.5 Å². The number of non-ortho nitro benzene ring substituents is 3. The molecule has 0 bridgehead atoms. The molecular formula is C59H65N17O16. The number of rotatable bonds is 11. The van der Waals surface area contributed by atoms with Crippen LogP contribution in [-0.4, -0.2) is 202 Å². The number of hydroxylamine groups is 2. The van der Waals surface area contributed by atoms with Crippen LogP contribution in [0.4, 0.5) is 34.6 Å². The number of nitrogens with two attached hydrogens (primary N) is 1. The van der Waals surface area contributed by atoms with Gasteiger partial charge in [-0.05, 0) is 68.8 Å². The Balaban J connectivity index is 0.000000166. The summed E-state index contributed by atoms with van der Waals surface area (Å²) >= 11 is 0. The van der Waals surface area contributed by atoms with Gasteiger partial charge in [-0.15, -0.1) is 5.06 Å². The summed E-state index contributed by atoms with van der Waals surface area (Å²) in [5.41, 5.74) is 6.63. The van der Waals surface area contributed by atoms with Crippen LogP contribution in [0.2, 0.25) is 0 Å². The summed E-state index contributed by atoms with van der Waals surface area (Å²) in [7, 11) is 0. The molecule has 3 atom stereocenters. The number of carboxylic acids is 2. The lowest BCUT2D eigenvalue weighted by Gasteiger charge is -2.41. The molecule has 0 spiro atoms. The molecule has 5 aliphatic rings. The molecule has 33 heteroatoms. The van der Waals surface area contributed by atoms with Gasteiger partial charge in [0.2, 0.25) is 11.9 Å². The number of nitrogens with one attached hydrogen (secondary N) is 2. The fraction of sp³-hybridized carbons (Fsp3) is 0.322. The normalized spacial score (nSPS) is 17.6. The monoisotopic (exact) mass is 1270 g/mol. The molecule has 6 aromatic rings. The molecule has 0 aliphatic carbocycles. The number of imide groups is 1. The summed E-state index contributed by atoms with van der Waals surface area (Å²) in [5.74, 6) is -2.14. The van der Waals surface area contributed by atoms with Gasteiger partial charge in [-0.2, -0.15) is 0 Å². The van der Waals surface area contributed by atoms with E-state index in [2.05, 4.69) is 52.2 Å². The molecule has 4 amide bonds. The van der Waals surface area contributed by atoms with E-state index in [1.807, 2.05) is 33.8 Å². The Morgan fingerprint density at radius 3 is 1.51 bits per heavy atom. The molecular weight excluding hydrogens is 1200 g/mol. The molecule has 5 aliphatic heterocycles. The number of carbonyl (C=O) groups excluding carboxylic acids is 5. The number of carbonyl (C=O) groups is 7. The first kappa shape index (κ1) is 67.9. The van der Waals surface area contributed by atoms with Gasteiger partial charge in [-0.1, -0.05) is 24.3 Å². The zero-order valence-corrected chi connectivity index (χ0v) is 49.8. The maximum Gasteiger partial charge on any atom is 0.364 e. The number of nitro benzene ring substituents is 3. The number of amides is 4. The Labute approximate surface area is 524 Å². The van der Waals surface area contributed by atoms with Crippen LogP contribution in [0.3, 0.4) is 0 Å². The summed E-state index contributed by atoms with van der Waals surface area (Å²) in [6, 6.07) is 25.8. The first-order chi connectivity index (χ1) is 44.1. The standard InChI is InChI=1S/C16H17N5O3.C16H23N5O.C11H8N2O6.C9H12N4O2.C7H5NO4/c1-12-11-19(16-17-6-3-7-18-16)8-9-20(12)15(22)13-4-2-5-14(10-13)21(23)24;1-12-11-20(16-18-6-3-7-19-16)8-9-21(12)15(22)13-4-2-5-14(17)10-13;14-9-4-5-10(15)12(9)19-11(16)7-2-1-3-8(6-7)13(17)18;14-8(15)7-6-13(5-4-10-7)9-11-2-1-3-12-9;9-7(10)5-2-1-3-6(4-5)8(11)12/h2-7,10,12H,8-9,11H2,1H3;2,4-5,10,12H,3,6-9,11,17H2,1H3,(H,18,19);1-3,6H,4-5H2;1-3,7,10H,4-6H2,(H,14,15);1-4H,(H,9,10). The minimum atomic E-state index is -1.17. The molecule has 4 aromatic carbocycles. The Hall–Kier alpha value is -11.6. The molecule has 0 saturated carbocycles. The molecule has 6 N–H and O–H groups in total. The van der Waals surface area contributed by atoms with Gasteiger partial charge in [0, 0.05) is 175 Å². The lowest BCUT2D eigenvalue weighted by atomic mass is 10.1. The number of hydrogen-bond donors (Lipinski definition) is 5. The number of aliphatic carboxylic acids is 1. The van der Waals surface area contributed by atoms with Crippen molar-refractivity contribution in [2.24, 2.45) is 4.99 Å². The molecule has 482 valence electrons. The molecule has 11 rings (SSSR count). The van der Waals surface area contributed by atoms with Crippen molar-refractivity contribution in [2.75, 3.05) is 87.5 Å². The van der Waals surface area contributed by atoms with Crippen molar-refractivity contribution in [2.45, 2.75) is 51.2 Å². The second-order valence-corrected chi connectivity index (χ2v) is 20.8. The second-order valence-electron chi connectivity index (χ2n) is 20.8. The van der Waals surface area contributed by atoms with Gasteiger partial charge in [-0.3, -0.25) is 59.3 Å². The minimum absolute atomic E-state index is 0.0128. The summed E-state index contributed by atoms with van der Waals surface area (Å²) in [4.78, 5) is 146. The van der Waals surface area contributed by atoms with Crippen LogP contribution in [0.15, 0.2) is 139 Å². The minimum Gasteiger partial charge on any atom is -0.480 e. The Morgan fingerprint density at radius 2 is 1.03 bits per heavy atom. The van der Waals surface area contributed by atoms with E-state index in [0.717, 1.165) is 57.2 Å². The molecule has 4 saturated heterocycles. The van der Waals surface area contributed by atoms with Crippen LogP contribution < -0.4 is 26.2 Å². The average molecular weight is 1270 g/mol. The maximum atomic E-state index is 12.7. The number of nitro groups is 3. The fourth-order valence-electron chi connectivity index (χ4n) is 9.68. The van der Waals surface area contributed by atoms with Crippen LogP contribution >= 0.6 is 0 Å². The molecule has 33 nitrogen and oxygen atoms in total. The highest BCUT2D eigenvalue weighted by atomic mass is 16.7. The van der Waals surface area contributed by atoms with E-state index in [9.17, 15) is 63.9 Å². The van der Waals surface area contributed by atoms with Gasteiger partial charge < -0.3 is 55.9 Å². The second kappa shape index (κ2) is 32.5. The lowest BCUT2D eigenvalue weighted by molar-refractivity contribution is -0.385. The van der Waals surface area contributed by atoms with Crippen molar-refractivity contribution in [3.63, 3.8) is 0 Å². The topological polar surface area (TPSA) is 432 Å². The number of aromatic nitrogens is 4. The van der Waals surface area contributed by atoms with Crippen molar-refractivity contribution in [1.82, 2.24) is 50.3 Å². The van der Waals surface area contributed by atoms with Crippen molar-refractivity contribution >= 4 is 82.1 Å². The van der Waals surface area contributed by atoms with Crippen LogP contribution in [0.25, 0.3) is 0 Å². The van der Waals surface area contributed by atoms with Crippen LogP contribution in [0, 0.1) is 30.3 Å². The SMILES string of the molecule is CC1CN(C2=NCCCN2)CCN1C(=O)c1cccc(N)c1.CC1CN(c2ncccn2)CCN1C(=O)c1cccc([N+](=O)[O-])c1.O=C(O)C1CN(c2ncccn2)CCN1.O=C(O)c1cccc([N+](=O)[O-])c1.O=C(ON1C(=O)CCC1=O)c1cccc([N+](=O)[O-])c1. The van der Waals surface area contributed by atoms with Gasteiger partial charge >= 0.3 is 17.9 Å². The van der Waals surface area contributed by atoms with Gasteiger partial charge in [0.1, 0.15) is 6.04 Å². The van der Waals surface area contributed by atoms with Gasteiger partial charge in [0.15, 0.2) is 5.96 Å². The van der Waals surface area contributed by atoms with E-state index in [4.69, 9.17) is 15.9 Å². The summed E-state index contributed by atoms with van der Waals surface area (Å²) in [5, 5.41) is 55.6. The summed E-state index contributed by atoms with van der Waals surface area (Å²) in [6.45, 7) is 11.7. The number of aromatic carboxylic acids is 1. The number of benzene rings is 4. The van der Waals surface area contributed by atoms with Crippen molar-refractivity contribution in [3.05, 3.63) is 187 Å². The number of hydrogen-bond acceptors (Lipinski definition) is 25. The number of aliphatic imine (C=N–C) groups is 1. The molecule has 0 radical (unpaired) electrons. The molecule has 7 heterocycles. The Kier molecular flexibility index (Phi) is 24.0. The zero-order valence-electron chi connectivity index (χ0n) is 49.8. The predicted molar refractivity (Wildman–Crippen MR) is 329 cm³/mol. The fourth-order valence-corrected chi connectivity index (χ4v) is 9.68. The van der Waals surface area contributed by atoms with E-state index >= 15 is 0 Å². The third-order valence-corrected chi connectivity index (χ3v) is 14.3. The lowest BCUT2D eigenvalue weighted by Crippen LogP contribution is -2.58. The van der Waals surface area contributed by atoms with Crippen molar-refractivity contribution in [3.8, 4) is 0 Å². The molecule has 92 heavy (non-hydrogen) atoms. The highest BCUT2D eigenvalue weighted by Gasteiger charge is 2.35. The Bertz CT molecular complexity index is 3640. The van der Waals surface area contributed by atoms with Crippen molar-refractivity contribution in [1.29, 1.82) is 0 Å². The molecule has 4 fully saturated rings. The van der Waals surface area contributed by atoms with E-state index < -0.39 is 50.5 Å². The Morgan fingerprint density at radius 1 is 0.576 bits per heavy atom. The number of piperazine rings is 3. The van der Waals surface area contributed by atoms with Gasteiger partial charge in [0.05, 0.1) is 25.9 Å². The predicted octanol–water partition coefficient (Wildman–Crippen LogP) is 3.95. The first-order valence-electron chi connectivity index (χ1n) is 28.6. The van der Waals surface area contributed by atoms with Gasteiger partial charge in [0.25, 0.3) is 40.7 Å². The van der Waals surface area contributed by atoms with E-state index in [1.165, 1.54) is 54.6 Å². The third-order valence-electron chi connectivity index (χ3n) is 14.3. The smallest absolute Gasteiger partial charge is 0.364 e. The average Bonchev–Trinajstić information content (AvgIpc) is 1.12. The molecule has 3 unspecified atom stereocenters. The van der Waals surface area contributed by atoms with E-state index in [-0.39, 0.29) is 64.9 Å². The third kappa shape index (κ3) is 18.9. The van der Waals surface area contributed by atoms with E-state index in [1.54, 1.807) is 60.0 Å². The number of carboxylic acid groups (broad SMARTS) is 2. The van der Waals surface area contributed by atoms with Crippen LogP contribution in [0.1, 0.15) is 74.5 Å².